The van der Waals surface area contributed by atoms with E-state index in [1.165, 1.54) is 5.57 Å². The summed E-state index contributed by atoms with van der Waals surface area (Å²) in [5, 5.41) is 21.0. The molecule has 0 amide bonds. The Hall–Kier alpha value is -2.09. The van der Waals surface area contributed by atoms with Gasteiger partial charge in [0.2, 0.25) is 0 Å². The maximum Gasteiger partial charge on any atom is 0.312 e. The maximum absolute atomic E-state index is 14.5. The van der Waals surface area contributed by atoms with E-state index in [1.54, 1.807) is 0 Å². The van der Waals surface area contributed by atoms with Crippen LogP contribution in [0.15, 0.2) is 23.0 Å². The summed E-state index contributed by atoms with van der Waals surface area (Å²) in [6, 6.07) is 2.29. The number of hydrogen-bond acceptors (Lipinski definition) is 5. The minimum Gasteiger partial charge on any atom is -0.511 e. The highest BCUT2D eigenvalue weighted by atomic mass is 16.5. The van der Waals surface area contributed by atoms with E-state index >= 15 is 0 Å². The highest BCUT2D eigenvalue weighted by Crippen LogP contribution is 2.75. The molecule has 5 heteroatoms. The second kappa shape index (κ2) is 8.21. The molecule has 0 aromatic rings. The normalized spacial score (nSPS) is 45.0. The molecule has 3 saturated carbocycles. The summed E-state index contributed by atoms with van der Waals surface area (Å²) in [6.45, 7) is 17.8. The summed E-state index contributed by atoms with van der Waals surface area (Å²) in [4.78, 5) is 28.1. The van der Waals surface area contributed by atoms with E-state index in [0.717, 1.165) is 44.9 Å². The largest absolute Gasteiger partial charge is 0.511 e. The molecule has 0 aromatic heterocycles. The number of rotatable bonds is 2. The molecule has 5 nitrogen and oxygen atoms in total. The first-order chi connectivity index (χ1) is 17.5. The fourth-order valence-electron chi connectivity index (χ4n) is 10.6. The summed E-state index contributed by atoms with van der Waals surface area (Å²) in [7, 11) is 0. The van der Waals surface area contributed by atoms with Gasteiger partial charge in [0.25, 0.3) is 0 Å². The number of aliphatic hydroxyl groups is 1. The van der Waals surface area contributed by atoms with Crippen molar-refractivity contribution < 1.29 is 19.4 Å². The first-order valence-electron chi connectivity index (χ1n) is 14.8. The average Bonchev–Trinajstić information content (AvgIpc) is 2.82. The first-order valence-corrected chi connectivity index (χ1v) is 14.8. The standard InChI is InChI=1S/C33H47NO4/c1-9-38-27(37)33-14-12-28(2,3)18-21(33)25-22(35)16-24-30(6)17-20(19-34)26(36)29(4,5)23(30)10-11-31(24,7)32(25,8)13-15-33/h16,21,23,25,36H,9-15,17-18H2,1-8H3/t21-,23-,25?,30-,31+,32+,33-/m0/s1. The van der Waals surface area contributed by atoms with E-state index in [4.69, 9.17) is 4.74 Å². The number of ketones is 1. The van der Waals surface area contributed by atoms with Gasteiger partial charge in [0.05, 0.1) is 23.7 Å². The Morgan fingerprint density at radius 1 is 1.08 bits per heavy atom. The molecule has 0 aromatic carbocycles. The number of nitrogens with zero attached hydrogens (tertiary/aromatic N) is 1. The number of esters is 1. The van der Waals surface area contributed by atoms with Crippen LogP contribution in [0.2, 0.25) is 0 Å². The molecule has 1 N–H and O–H groups in total. The molecule has 5 aliphatic rings. The molecule has 0 saturated heterocycles. The zero-order valence-corrected chi connectivity index (χ0v) is 24.8. The van der Waals surface area contributed by atoms with Crippen molar-refractivity contribution >= 4 is 11.8 Å². The third-order valence-electron chi connectivity index (χ3n) is 12.8. The second-order valence-electron chi connectivity index (χ2n) is 15.4. The van der Waals surface area contributed by atoms with Crippen molar-refractivity contribution in [2.45, 2.75) is 107 Å². The van der Waals surface area contributed by atoms with E-state index in [2.05, 4.69) is 54.5 Å². The zero-order chi connectivity index (χ0) is 28.1. The number of carbonyl (C=O) groups excluding carboxylic acids is 2. The molecule has 38 heavy (non-hydrogen) atoms. The van der Waals surface area contributed by atoms with Crippen LogP contribution in [0, 0.1) is 61.6 Å². The van der Waals surface area contributed by atoms with E-state index in [-0.39, 0.29) is 56.9 Å². The van der Waals surface area contributed by atoms with Gasteiger partial charge in [-0.05, 0) is 97.9 Å². The van der Waals surface area contributed by atoms with Crippen LogP contribution in [-0.4, -0.2) is 23.5 Å². The maximum atomic E-state index is 14.5. The topological polar surface area (TPSA) is 87.4 Å². The highest BCUT2D eigenvalue weighted by molar-refractivity contribution is 5.96. The number of hydrogen-bond donors (Lipinski definition) is 1. The minimum absolute atomic E-state index is 0.0295. The van der Waals surface area contributed by atoms with Gasteiger partial charge in [-0.15, -0.1) is 0 Å². The van der Waals surface area contributed by atoms with E-state index < -0.39 is 10.8 Å². The Bertz CT molecular complexity index is 1190. The predicted molar refractivity (Wildman–Crippen MR) is 147 cm³/mol. The molecular weight excluding hydrogens is 474 g/mol. The number of carbonyl (C=O) groups is 2. The molecular formula is C33H47NO4. The molecule has 0 bridgehead atoms. The molecule has 0 radical (unpaired) electrons. The average molecular weight is 522 g/mol. The van der Waals surface area contributed by atoms with E-state index in [9.17, 15) is 20.0 Å². The van der Waals surface area contributed by atoms with Gasteiger partial charge >= 0.3 is 5.97 Å². The summed E-state index contributed by atoms with van der Waals surface area (Å²) in [5.41, 5.74) is -0.276. The van der Waals surface area contributed by atoms with Gasteiger partial charge in [0.15, 0.2) is 5.78 Å². The third kappa shape index (κ3) is 3.27. The van der Waals surface area contributed by atoms with Crippen molar-refractivity contribution in [2.24, 2.45) is 50.2 Å². The monoisotopic (exact) mass is 521 g/mol. The molecule has 0 spiro atoms. The zero-order valence-electron chi connectivity index (χ0n) is 24.8. The Balaban J connectivity index is 1.67. The molecule has 7 atom stereocenters. The first kappa shape index (κ1) is 27.5. The number of nitriles is 1. The van der Waals surface area contributed by atoms with Crippen LogP contribution in [0.1, 0.15) is 107 Å². The van der Waals surface area contributed by atoms with Gasteiger partial charge in [-0.2, -0.15) is 5.26 Å². The van der Waals surface area contributed by atoms with Gasteiger partial charge in [-0.3, -0.25) is 9.59 Å². The van der Waals surface area contributed by atoms with Crippen LogP contribution >= 0.6 is 0 Å². The minimum atomic E-state index is -0.580. The van der Waals surface area contributed by atoms with Crippen LogP contribution in [0.3, 0.4) is 0 Å². The quantitative estimate of drug-likeness (QED) is 0.381. The lowest BCUT2D eigenvalue weighted by Crippen LogP contribution is -2.65. The summed E-state index contributed by atoms with van der Waals surface area (Å²) in [5.74, 6) is 0.185. The van der Waals surface area contributed by atoms with Crippen LogP contribution in [0.4, 0.5) is 0 Å². The van der Waals surface area contributed by atoms with Crippen molar-refractivity contribution in [3.8, 4) is 6.07 Å². The fourth-order valence-corrected chi connectivity index (χ4v) is 10.6. The lowest BCUT2D eigenvalue weighted by Gasteiger charge is -2.69. The predicted octanol–water partition coefficient (Wildman–Crippen LogP) is 7.48. The van der Waals surface area contributed by atoms with E-state index in [1.807, 2.05) is 13.0 Å². The number of fused-ring (bicyclic) bond motifs is 7. The third-order valence-corrected chi connectivity index (χ3v) is 12.8. The van der Waals surface area contributed by atoms with Crippen molar-refractivity contribution in [1.29, 1.82) is 5.26 Å². The second-order valence-corrected chi connectivity index (χ2v) is 15.4. The Labute approximate surface area is 229 Å². The molecule has 3 fully saturated rings. The van der Waals surface area contributed by atoms with Crippen molar-refractivity contribution in [2.75, 3.05) is 6.61 Å². The van der Waals surface area contributed by atoms with Crippen molar-refractivity contribution in [1.82, 2.24) is 0 Å². The van der Waals surface area contributed by atoms with Crippen LogP contribution < -0.4 is 0 Å². The molecule has 0 aliphatic heterocycles. The van der Waals surface area contributed by atoms with Gasteiger partial charge in [-0.1, -0.05) is 54.0 Å². The van der Waals surface area contributed by atoms with Crippen molar-refractivity contribution in [3.05, 3.63) is 23.0 Å². The Morgan fingerprint density at radius 3 is 2.37 bits per heavy atom. The number of aliphatic hydroxyl groups excluding tert-OH is 1. The summed E-state index contributed by atoms with van der Waals surface area (Å²) < 4.78 is 5.71. The molecule has 208 valence electrons. The van der Waals surface area contributed by atoms with E-state index in [0.29, 0.717) is 18.6 Å². The SMILES string of the molecule is CCOC(=O)[C@]12CCC(C)(C)C[C@H]1C1C(=O)C=C3[C@@]4(C)CC(C#N)=C(O)C(C)(C)[C@@H]4CC[C@@]3(C)[C@]1(C)CC2. The number of ether oxygens (including phenoxy) is 1. The van der Waals surface area contributed by atoms with Crippen LogP contribution in [0.25, 0.3) is 0 Å². The lowest BCUT2D eigenvalue weighted by molar-refractivity contribution is -0.193. The Morgan fingerprint density at radius 2 is 1.74 bits per heavy atom. The molecule has 0 heterocycles. The van der Waals surface area contributed by atoms with Gasteiger partial charge in [0, 0.05) is 11.3 Å². The van der Waals surface area contributed by atoms with Crippen molar-refractivity contribution in [3.63, 3.8) is 0 Å². The highest BCUT2D eigenvalue weighted by Gasteiger charge is 2.71. The smallest absolute Gasteiger partial charge is 0.312 e. The van der Waals surface area contributed by atoms with Gasteiger partial charge in [0.1, 0.15) is 5.76 Å². The molecule has 5 rings (SSSR count). The number of allylic oxidation sites excluding steroid dienone is 4. The molecule has 5 aliphatic carbocycles. The lowest BCUT2D eigenvalue weighted by atomic mass is 9.34. The summed E-state index contributed by atoms with van der Waals surface area (Å²) in [6.07, 6.45) is 8.53. The summed E-state index contributed by atoms with van der Waals surface area (Å²) >= 11 is 0. The van der Waals surface area contributed by atoms with Gasteiger partial charge < -0.3 is 9.84 Å². The molecule has 1 unspecified atom stereocenters. The fraction of sp³-hybridized carbons (Fsp3) is 0.788. The Kier molecular flexibility index (Phi) is 5.94. The van der Waals surface area contributed by atoms with Gasteiger partial charge in [-0.25, -0.2) is 0 Å². The van der Waals surface area contributed by atoms with Crippen LogP contribution in [0.5, 0.6) is 0 Å². The van der Waals surface area contributed by atoms with Crippen LogP contribution in [-0.2, 0) is 14.3 Å².